The van der Waals surface area contributed by atoms with Crippen LogP contribution in [0.4, 0.5) is 4.39 Å². The first-order chi connectivity index (χ1) is 6.74. The Labute approximate surface area is 83.5 Å². The topological polar surface area (TPSA) is 23.8 Å². The van der Waals surface area contributed by atoms with Crippen LogP contribution < -0.4 is 0 Å². The third-order valence-corrected chi connectivity index (χ3v) is 2.23. The van der Waals surface area contributed by atoms with Gasteiger partial charge in [-0.3, -0.25) is 4.39 Å². The van der Waals surface area contributed by atoms with Crippen LogP contribution in [0, 0.1) is 11.3 Å². The SMILES string of the molecule is C=Cc1c(C#N)cccc1C(C)CF. The fourth-order valence-electron chi connectivity index (χ4n) is 1.42. The first-order valence-corrected chi connectivity index (χ1v) is 4.46. The molecule has 0 aliphatic carbocycles. The van der Waals surface area contributed by atoms with Crippen LogP contribution in [0.3, 0.4) is 0 Å². The minimum atomic E-state index is -0.421. The van der Waals surface area contributed by atoms with Gasteiger partial charge in [-0.25, -0.2) is 0 Å². The highest BCUT2D eigenvalue weighted by atomic mass is 19.1. The van der Waals surface area contributed by atoms with Gasteiger partial charge in [0, 0.05) is 5.92 Å². The number of rotatable bonds is 3. The Bertz CT molecular complexity index is 376. The van der Waals surface area contributed by atoms with Gasteiger partial charge in [-0.2, -0.15) is 5.26 Å². The fraction of sp³-hybridized carbons (Fsp3) is 0.250. The maximum absolute atomic E-state index is 12.5. The van der Waals surface area contributed by atoms with Crippen molar-refractivity contribution < 1.29 is 4.39 Å². The molecule has 2 heteroatoms. The van der Waals surface area contributed by atoms with Crippen molar-refractivity contribution in [3.05, 3.63) is 41.5 Å². The van der Waals surface area contributed by atoms with Crippen LogP contribution in [0.2, 0.25) is 0 Å². The lowest BCUT2D eigenvalue weighted by Crippen LogP contribution is -2.00. The number of hydrogen-bond acceptors (Lipinski definition) is 1. The lowest BCUT2D eigenvalue weighted by molar-refractivity contribution is 0.447. The molecule has 0 fully saturated rings. The Morgan fingerprint density at radius 2 is 2.36 bits per heavy atom. The van der Waals surface area contributed by atoms with E-state index in [-0.39, 0.29) is 5.92 Å². The third-order valence-electron chi connectivity index (χ3n) is 2.23. The lowest BCUT2D eigenvalue weighted by atomic mass is 9.93. The molecule has 1 aromatic carbocycles. The second-order valence-electron chi connectivity index (χ2n) is 3.18. The van der Waals surface area contributed by atoms with Crippen molar-refractivity contribution in [3.8, 4) is 6.07 Å². The van der Waals surface area contributed by atoms with Crippen molar-refractivity contribution in [2.24, 2.45) is 0 Å². The van der Waals surface area contributed by atoms with Gasteiger partial charge in [-0.05, 0) is 17.2 Å². The number of alkyl halides is 1. The van der Waals surface area contributed by atoms with Crippen LogP contribution in [-0.4, -0.2) is 6.67 Å². The van der Waals surface area contributed by atoms with Gasteiger partial charge in [-0.1, -0.05) is 31.7 Å². The van der Waals surface area contributed by atoms with Crippen LogP contribution >= 0.6 is 0 Å². The molecule has 0 aliphatic heterocycles. The first kappa shape index (κ1) is 10.5. The fourth-order valence-corrected chi connectivity index (χ4v) is 1.42. The number of benzene rings is 1. The van der Waals surface area contributed by atoms with Gasteiger partial charge < -0.3 is 0 Å². The largest absolute Gasteiger partial charge is 0.250 e. The Morgan fingerprint density at radius 3 is 2.86 bits per heavy atom. The van der Waals surface area contributed by atoms with E-state index in [0.717, 1.165) is 11.1 Å². The van der Waals surface area contributed by atoms with Gasteiger partial charge in [0.25, 0.3) is 0 Å². The number of hydrogen-bond donors (Lipinski definition) is 0. The van der Waals surface area contributed by atoms with Crippen LogP contribution in [0.25, 0.3) is 6.08 Å². The van der Waals surface area contributed by atoms with Crippen molar-refractivity contribution in [3.63, 3.8) is 0 Å². The number of halogens is 1. The van der Waals surface area contributed by atoms with E-state index in [1.54, 1.807) is 25.1 Å². The summed E-state index contributed by atoms with van der Waals surface area (Å²) in [6, 6.07) is 7.39. The summed E-state index contributed by atoms with van der Waals surface area (Å²) in [5.41, 5.74) is 2.15. The first-order valence-electron chi connectivity index (χ1n) is 4.46. The predicted octanol–water partition coefficient (Wildman–Crippen LogP) is 3.27. The van der Waals surface area contributed by atoms with Crippen LogP contribution in [-0.2, 0) is 0 Å². The molecule has 14 heavy (non-hydrogen) atoms. The second-order valence-corrected chi connectivity index (χ2v) is 3.18. The Kier molecular flexibility index (Phi) is 3.41. The summed E-state index contributed by atoms with van der Waals surface area (Å²) in [5.74, 6) is -0.184. The van der Waals surface area contributed by atoms with Crippen LogP contribution in [0.15, 0.2) is 24.8 Å². The van der Waals surface area contributed by atoms with Gasteiger partial charge in [0.15, 0.2) is 0 Å². The highest BCUT2D eigenvalue weighted by molar-refractivity contribution is 5.61. The van der Waals surface area contributed by atoms with Crippen LogP contribution in [0.5, 0.6) is 0 Å². The molecule has 72 valence electrons. The zero-order valence-electron chi connectivity index (χ0n) is 8.13. The predicted molar refractivity (Wildman–Crippen MR) is 55.6 cm³/mol. The third kappa shape index (κ3) is 1.82. The van der Waals surface area contributed by atoms with Gasteiger partial charge >= 0.3 is 0 Å². The number of nitrogens with zero attached hydrogens (tertiary/aromatic N) is 1. The van der Waals surface area contributed by atoms with Crippen LogP contribution in [0.1, 0.15) is 29.5 Å². The van der Waals surface area contributed by atoms with Crippen molar-refractivity contribution in [1.82, 2.24) is 0 Å². The molecule has 1 aromatic rings. The Morgan fingerprint density at radius 1 is 1.64 bits per heavy atom. The average molecular weight is 189 g/mol. The molecule has 1 rings (SSSR count). The van der Waals surface area contributed by atoms with E-state index in [0.29, 0.717) is 5.56 Å². The Balaban J connectivity index is 3.30. The summed E-state index contributed by atoms with van der Waals surface area (Å²) in [6.07, 6.45) is 1.61. The molecular weight excluding hydrogens is 177 g/mol. The second kappa shape index (κ2) is 4.57. The molecule has 0 spiro atoms. The van der Waals surface area contributed by atoms with E-state index < -0.39 is 6.67 Å². The average Bonchev–Trinajstić information content (AvgIpc) is 2.26. The summed E-state index contributed by atoms with van der Waals surface area (Å²) in [5, 5.41) is 8.84. The minimum Gasteiger partial charge on any atom is -0.250 e. The molecule has 0 N–H and O–H groups in total. The summed E-state index contributed by atoms with van der Waals surface area (Å²) in [4.78, 5) is 0. The van der Waals surface area contributed by atoms with Gasteiger partial charge in [-0.15, -0.1) is 0 Å². The van der Waals surface area contributed by atoms with Crippen molar-refractivity contribution >= 4 is 6.08 Å². The lowest BCUT2D eigenvalue weighted by Gasteiger charge is -2.11. The number of nitriles is 1. The zero-order valence-corrected chi connectivity index (χ0v) is 8.13. The molecular formula is C12H12FN. The minimum absolute atomic E-state index is 0.184. The summed E-state index contributed by atoms with van der Waals surface area (Å²) >= 11 is 0. The standard InChI is InChI=1S/C12H12FN/c1-3-11-10(8-14)5-4-6-12(11)9(2)7-13/h3-6,9H,1,7H2,2H3. The maximum Gasteiger partial charge on any atom is 0.0998 e. The molecule has 0 amide bonds. The van der Waals surface area contributed by atoms with Gasteiger partial charge in [0.2, 0.25) is 0 Å². The molecule has 0 bridgehead atoms. The smallest absolute Gasteiger partial charge is 0.0998 e. The van der Waals surface area contributed by atoms with Gasteiger partial charge in [0.1, 0.15) is 0 Å². The normalized spacial score (nSPS) is 11.8. The summed E-state index contributed by atoms with van der Waals surface area (Å²) < 4.78 is 12.5. The van der Waals surface area contributed by atoms with E-state index >= 15 is 0 Å². The molecule has 0 radical (unpaired) electrons. The van der Waals surface area contributed by atoms with Crippen molar-refractivity contribution in [2.45, 2.75) is 12.8 Å². The van der Waals surface area contributed by atoms with E-state index in [4.69, 9.17) is 5.26 Å². The van der Waals surface area contributed by atoms with E-state index in [9.17, 15) is 4.39 Å². The van der Waals surface area contributed by atoms with Crippen molar-refractivity contribution in [2.75, 3.05) is 6.67 Å². The molecule has 1 nitrogen and oxygen atoms in total. The van der Waals surface area contributed by atoms with Gasteiger partial charge in [0.05, 0.1) is 18.3 Å². The van der Waals surface area contributed by atoms with E-state index in [2.05, 4.69) is 12.6 Å². The molecule has 0 saturated carbocycles. The highest BCUT2D eigenvalue weighted by Crippen LogP contribution is 2.23. The monoisotopic (exact) mass is 189 g/mol. The molecule has 0 heterocycles. The highest BCUT2D eigenvalue weighted by Gasteiger charge is 2.11. The quantitative estimate of drug-likeness (QED) is 0.715. The maximum atomic E-state index is 12.5. The summed E-state index contributed by atoms with van der Waals surface area (Å²) in [6.45, 7) is 5.02. The van der Waals surface area contributed by atoms with E-state index in [1.165, 1.54) is 0 Å². The Hall–Kier alpha value is -1.62. The summed E-state index contributed by atoms with van der Waals surface area (Å²) in [7, 11) is 0. The zero-order chi connectivity index (χ0) is 10.6. The molecule has 1 unspecified atom stereocenters. The van der Waals surface area contributed by atoms with Crippen molar-refractivity contribution in [1.29, 1.82) is 5.26 Å². The van der Waals surface area contributed by atoms with E-state index in [1.807, 2.05) is 6.07 Å². The molecule has 0 aliphatic rings. The molecule has 1 atom stereocenters. The molecule has 0 aromatic heterocycles. The molecule has 0 saturated heterocycles.